The highest BCUT2D eigenvalue weighted by atomic mass is 79.9. The average Bonchev–Trinajstić information content (AvgIpc) is 2.28. The number of benzene rings is 1. The van der Waals surface area contributed by atoms with Gasteiger partial charge in [0.05, 0.1) is 5.02 Å². The molecule has 0 aliphatic rings. The number of carbonyl (C=O) groups excluding carboxylic acids is 1. The molecule has 0 saturated carbocycles. The predicted octanol–water partition coefficient (Wildman–Crippen LogP) is 3.79. The Hall–Kier alpha value is -1.33. The van der Waals surface area contributed by atoms with E-state index in [2.05, 4.69) is 31.5 Å². The van der Waals surface area contributed by atoms with Gasteiger partial charge in [0.15, 0.2) is 0 Å². The molecule has 0 radical (unpaired) electrons. The molecule has 0 aliphatic heterocycles. The molecule has 2 aromatic rings. The Morgan fingerprint density at radius 2 is 2.22 bits per heavy atom. The van der Waals surface area contributed by atoms with E-state index in [9.17, 15) is 4.79 Å². The molecule has 1 aromatic heterocycles. The first-order chi connectivity index (χ1) is 8.60. The molecule has 4 nitrogen and oxygen atoms in total. The molecule has 1 aromatic carbocycles. The van der Waals surface area contributed by atoms with Gasteiger partial charge in [0.25, 0.3) is 0 Å². The number of anilines is 1. The molecule has 94 valence electrons. The van der Waals surface area contributed by atoms with Gasteiger partial charge in [-0.2, -0.15) is 0 Å². The summed E-state index contributed by atoms with van der Waals surface area (Å²) in [6.45, 7) is 2.42. The van der Waals surface area contributed by atoms with Gasteiger partial charge in [-0.1, -0.05) is 27.5 Å². The van der Waals surface area contributed by atoms with Crippen LogP contribution in [0, 0.1) is 0 Å². The number of nitrogens with zero attached hydrogens (tertiary/aromatic N) is 1. The molecule has 6 heteroatoms. The highest BCUT2D eigenvalue weighted by molar-refractivity contribution is 9.10. The number of carbonyl (C=O) groups is 1. The minimum atomic E-state index is -0.273. The second-order valence-electron chi connectivity index (χ2n) is 3.66. The summed E-state index contributed by atoms with van der Waals surface area (Å²) in [5, 5.41) is 7.68. The second-order valence-corrected chi connectivity index (χ2v) is 4.99. The summed E-state index contributed by atoms with van der Waals surface area (Å²) < 4.78 is 0.884. The number of aromatic nitrogens is 1. The maximum absolute atomic E-state index is 11.4. The largest absolute Gasteiger partial charge is 0.338 e. The number of fused-ring (bicyclic) bond motifs is 1. The SMILES string of the molecule is CCNC(=O)Nc1cc2cc(Br)cc(Cl)c2cn1. The van der Waals surface area contributed by atoms with Crippen molar-refractivity contribution in [2.75, 3.05) is 11.9 Å². The summed E-state index contributed by atoms with van der Waals surface area (Å²) in [6.07, 6.45) is 1.64. The first-order valence-electron chi connectivity index (χ1n) is 5.40. The Morgan fingerprint density at radius 1 is 1.44 bits per heavy atom. The van der Waals surface area contributed by atoms with Crippen LogP contribution in [0.15, 0.2) is 28.9 Å². The monoisotopic (exact) mass is 327 g/mol. The lowest BCUT2D eigenvalue weighted by Gasteiger charge is -2.07. The summed E-state index contributed by atoms with van der Waals surface area (Å²) >= 11 is 9.48. The molecule has 1 heterocycles. The zero-order valence-corrected chi connectivity index (χ0v) is 12.0. The van der Waals surface area contributed by atoms with Gasteiger partial charge < -0.3 is 5.32 Å². The number of hydrogen-bond donors (Lipinski definition) is 2. The maximum atomic E-state index is 11.4. The Bertz CT molecular complexity index is 603. The molecule has 0 bridgehead atoms. The van der Waals surface area contributed by atoms with E-state index in [0.717, 1.165) is 15.2 Å². The van der Waals surface area contributed by atoms with E-state index in [0.29, 0.717) is 17.4 Å². The molecular formula is C12H11BrClN3O. The van der Waals surface area contributed by atoms with Crippen molar-refractivity contribution in [3.05, 3.63) is 33.9 Å². The fourth-order valence-electron chi connectivity index (χ4n) is 1.57. The summed E-state index contributed by atoms with van der Waals surface area (Å²) in [5.74, 6) is 0.489. The van der Waals surface area contributed by atoms with Crippen LogP contribution >= 0.6 is 27.5 Å². The number of hydrogen-bond acceptors (Lipinski definition) is 2. The number of nitrogens with one attached hydrogen (secondary N) is 2. The van der Waals surface area contributed by atoms with Crippen LogP contribution in [0.1, 0.15) is 6.92 Å². The third-order valence-electron chi connectivity index (χ3n) is 2.33. The van der Waals surface area contributed by atoms with E-state index in [4.69, 9.17) is 11.6 Å². The molecule has 0 saturated heterocycles. The standard InChI is InChI=1S/C12H11BrClN3O/c1-2-15-12(18)17-11-4-7-3-8(13)5-10(14)9(7)6-16-11/h3-6H,2H2,1H3,(H2,15,16,17,18). The quantitative estimate of drug-likeness (QED) is 0.881. The fourth-order valence-corrected chi connectivity index (χ4v) is 2.45. The lowest BCUT2D eigenvalue weighted by atomic mass is 10.2. The van der Waals surface area contributed by atoms with Crippen molar-refractivity contribution in [2.45, 2.75) is 6.92 Å². The van der Waals surface area contributed by atoms with Crippen molar-refractivity contribution < 1.29 is 4.79 Å². The molecule has 0 atom stereocenters. The Kier molecular flexibility index (Phi) is 4.04. The lowest BCUT2D eigenvalue weighted by molar-refractivity contribution is 0.252. The zero-order valence-electron chi connectivity index (χ0n) is 9.63. The van der Waals surface area contributed by atoms with Crippen molar-refractivity contribution in [3.63, 3.8) is 0 Å². The molecule has 2 amide bonds. The molecule has 2 N–H and O–H groups in total. The summed E-state index contributed by atoms with van der Waals surface area (Å²) in [6, 6.07) is 5.24. The van der Waals surface area contributed by atoms with Crippen LogP contribution in [0.4, 0.5) is 10.6 Å². The van der Waals surface area contributed by atoms with Crippen LogP contribution in [0.3, 0.4) is 0 Å². The van der Waals surface area contributed by atoms with Crippen LogP contribution in [-0.4, -0.2) is 17.6 Å². The Labute approximate surface area is 118 Å². The Morgan fingerprint density at radius 3 is 2.94 bits per heavy atom. The molecule has 0 fully saturated rings. The number of rotatable bonds is 2. The predicted molar refractivity (Wildman–Crippen MR) is 77.1 cm³/mol. The number of urea groups is 1. The number of amides is 2. The van der Waals surface area contributed by atoms with E-state index in [-0.39, 0.29) is 6.03 Å². The molecular weight excluding hydrogens is 318 g/mol. The topological polar surface area (TPSA) is 54.0 Å². The van der Waals surface area contributed by atoms with Crippen LogP contribution in [0.25, 0.3) is 10.8 Å². The van der Waals surface area contributed by atoms with E-state index in [1.807, 2.05) is 19.1 Å². The van der Waals surface area contributed by atoms with E-state index < -0.39 is 0 Å². The maximum Gasteiger partial charge on any atom is 0.320 e. The van der Waals surface area contributed by atoms with Crippen LogP contribution < -0.4 is 10.6 Å². The summed E-state index contributed by atoms with van der Waals surface area (Å²) in [5.41, 5.74) is 0. The van der Waals surface area contributed by atoms with Gasteiger partial charge in [-0.15, -0.1) is 0 Å². The van der Waals surface area contributed by atoms with Crippen LogP contribution in [-0.2, 0) is 0 Å². The van der Waals surface area contributed by atoms with Crippen molar-refractivity contribution in [2.24, 2.45) is 0 Å². The third-order valence-corrected chi connectivity index (χ3v) is 3.10. The van der Waals surface area contributed by atoms with Gasteiger partial charge in [0, 0.05) is 22.6 Å². The molecule has 2 rings (SSSR count). The normalized spacial score (nSPS) is 10.4. The van der Waals surface area contributed by atoms with Gasteiger partial charge >= 0.3 is 6.03 Å². The third kappa shape index (κ3) is 2.91. The second kappa shape index (κ2) is 5.54. The van der Waals surface area contributed by atoms with Crippen molar-refractivity contribution in [3.8, 4) is 0 Å². The van der Waals surface area contributed by atoms with Gasteiger partial charge in [-0.05, 0) is 30.5 Å². The number of pyridine rings is 1. The van der Waals surface area contributed by atoms with Crippen molar-refractivity contribution in [1.82, 2.24) is 10.3 Å². The van der Waals surface area contributed by atoms with Crippen LogP contribution in [0.5, 0.6) is 0 Å². The van der Waals surface area contributed by atoms with Crippen molar-refractivity contribution >= 4 is 50.2 Å². The first kappa shape index (κ1) is 13.1. The minimum Gasteiger partial charge on any atom is -0.338 e. The first-order valence-corrected chi connectivity index (χ1v) is 6.57. The van der Waals surface area contributed by atoms with Crippen molar-refractivity contribution in [1.29, 1.82) is 0 Å². The van der Waals surface area contributed by atoms with E-state index in [1.165, 1.54) is 0 Å². The van der Waals surface area contributed by atoms with E-state index >= 15 is 0 Å². The highest BCUT2D eigenvalue weighted by Crippen LogP contribution is 2.28. The molecule has 0 aliphatic carbocycles. The van der Waals surface area contributed by atoms with Gasteiger partial charge in [-0.25, -0.2) is 9.78 Å². The minimum absolute atomic E-state index is 0.273. The Balaban J connectivity index is 2.35. The lowest BCUT2D eigenvalue weighted by Crippen LogP contribution is -2.28. The van der Waals surface area contributed by atoms with Crippen LogP contribution in [0.2, 0.25) is 5.02 Å². The number of halogens is 2. The summed E-state index contributed by atoms with van der Waals surface area (Å²) in [7, 11) is 0. The molecule has 0 unspecified atom stereocenters. The van der Waals surface area contributed by atoms with Gasteiger partial charge in [0.2, 0.25) is 0 Å². The van der Waals surface area contributed by atoms with Gasteiger partial charge in [0.1, 0.15) is 5.82 Å². The molecule has 0 spiro atoms. The average molecular weight is 329 g/mol. The zero-order chi connectivity index (χ0) is 13.1. The van der Waals surface area contributed by atoms with Gasteiger partial charge in [-0.3, -0.25) is 5.32 Å². The van der Waals surface area contributed by atoms with E-state index in [1.54, 1.807) is 12.3 Å². The highest BCUT2D eigenvalue weighted by Gasteiger charge is 2.05. The fraction of sp³-hybridized carbons (Fsp3) is 0.167. The molecule has 18 heavy (non-hydrogen) atoms. The smallest absolute Gasteiger partial charge is 0.320 e. The summed E-state index contributed by atoms with van der Waals surface area (Å²) in [4.78, 5) is 15.5.